The lowest BCUT2D eigenvalue weighted by Gasteiger charge is -2.36. The fraction of sp³-hybridized carbons (Fsp3) is 0.381. The molecule has 0 bridgehead atoms. The topological polar surface area (TPSA) is 46.8 Å². The molecule has 0 saturated carbocycles. The molecular weight excluding hydrogens is 358 g/mol. The number of tetrazole rings is 1. The van der Waals surface area contributed by atoms with Gasteiger partial charge >= 0.3 is 0 Å². The van der Waals surface area contributed by atoms with E-state index in [4.69, 9.17) is 11.6 Å². The Morgan fingerprint density at radius 1 is 1.11 bits per heavy atom. The maximum atomic E-state index is 6.12. The van der Waals surface area contributed by atoms with E-state index >= 15 is 0 Å². The molecule has 0 aliphatic carbocycles. The van der Waals surface area contributed by atoms with Gasteiger partial charge in [-0.15, -0.1) is 5.10 Å². The van der Waals surface area contributed by atoms with Crippen molar-refractivity contribution >= 4 is 11.6 Å². The first kappa shape index (κ1) is 19.5. The van der Waals surface area contributed by atoms with Gasteiger partial charge in [-0.05, 0) is 66.5 Å². The van der Waals surface area contributed by atoms with Crippen molar-refractivity contribution in [2.75, 3.05) is 13.1 Å². The molecule has 5 nitrogen and oxygen atoms in total. The highest BCUT2D eigenvalue weighted by Gasteiger charge is 2.33. The summed E-state index contributed by atoms with van der Waals surface area (Å²) < 4.78 is 1.91. The van der Waals surface area contributed by atoms with E-state index in [0.717, 1.165) is 30.9 Å². The normalized spacial score (nSPS) is 17.0. The van der Waals surface area contributed by atoms with Gasteiger partial charge in [0.1, 0.15) is 0 Å². The van der Waals surface area contributed by atoms with Crippen molar-refractivity contribution in [3.05, 3.63) is 77.1 Å². The molecule has 6 heteroatoms. The van der Waals surface area contributed by atoms with Crippen LogP contribution in [-0.4, -0.2) is 38.2 Å². The molecule has 2 aromatic rings. The van der Waals surface area contributed by atoms with Crippen LogP contribution < -0.4 is 0 Å². The van der Waals surface area contributed by atoms with Crippen LogP contribution in [0.3, 0.4) is 0 Å². The Morgan fingerprint density at radius 3 is 2.37 bits per heavy atom. The lowest BCUT2D eigenvalue weighted by molar-refractivity contribution is 0.212. The summed E-state index contributed by atoms with van der Waals surface area (Å²) in [5.74, 6) is 0.829. The Morgan fingerprint density at radius 2 is 1.78 bits per heavy atom. The number of benzene rings is 1. The summed E-state index contributed by atoms with van der Waals surface area (Å²) in [5, 5.41) is 13.4. The molecule has 1 aliphatic heterocycles. The van der Waals surface area contributed by atoms with Crippen molar-refractivity contribution in [2.45, 2.75) is 38.8 Å². The van der Waals surface area contributed by atoms with E-state index in [9.17, 15) is 0 Å². The molecule has 0 amide bonds. The zero-order valence-corrected chi connectivity index (χ0v) is 16.9. The van der Waals surface area contributed by atoms with Crippen molar-refractivity contribution < 1.29 is 0 Å². The first-order valence-corrected chi connectivity index (χ1v) is 9.48. The molecule has 0 saturated heterocycles. The summed E-state index contributed by atoms with van der Waals surface area (Å²) in [6.45, 7) is 15.9. The molecule has 3 rings (SSSR count). The predicted molar refractivity (Wildman–Crippen MR) is 110 cm³/mol. The van der Waals surface area contributed by atoms with Crippen LogP contribution >= 0.6 is 11.6 Å². The van der Waals surface area contributed by atoms with Crippen LogP contribution in [0.25, 0.3) is 0 Å². The second kappa shape index (κ2) is 7.79. The number of rotatable bonds is 5. The third kappa shape index (κ3) is 4.04. The van der Waals surface area contributed by atoms with Crippen LogP contribution in [0.15, 0.2) is 60.7 Å². The SMILES string of the molecule is C=CC1=C(C=C)CN(C(c2ccc(Cl)cc2)c2nnnn2C(C)(C)C)CC1. The Labute approximate surface area is 166 Å². The Kier molecular flexibility index (Phi) is 5.63. The van der Waals surface area contributed by atoms with Crippen molar-refractivity contribution in [1.82, 2.24) is 25.1 Å². The van der Waals surface area contributed by atoms with Crippen LogP contribution in [-0.2, 0) is 5.54 Å². The molecule has 0 fully saturated rings. The largest absolute Gasteiger partial charge is 0.285 e. The third-order valence-electron chi connectivity index (χ3n) is 4.87. The summed E-state index contributed by atoms with van der Waals surface area (Å²) in [5.41, 5.74) is 3.35. The van der Waals surface area contributed by atoms with E-state index < -0.39 is 0 Å². The van der Waals surface area contributed by atoms with E-state index in [1.165, 1.54) is 11.1 Å². The Hall–Kier alpha value is -2.24. The van der Waals surface area contributed by atoms with Gasteiger partial charge in [-0.25, -0.2) is 4.68 Å². The highest BCUT2D eigenvalue weighted by molar-refractivity contribution is 6.30. The van der Waals surface area contributed by atoms with Crippen molar-refractivity contribution in [3.63, 3.8) is 0 Å². The summed E-state index contributed by atoms with van der Waals surface area (Å²) in [6.07, 6.45) is 4.78. The van der Waals surface area contributed by atoms with Crippen LogP contribution in [0, 0.1) is 0 Å². The van der Waals surface area contributed by atoms with E-state index in [1.807, 2.05) is 29.0 Å². The van der Waals surface area contributed by atoms with Gasteiger partial charge in [-0.2, -0.15) is 0 Å². The quantitative estimate of drug-likeness (QED) is 0.760. The number of nitrogens with zero attached hydrogens (tertiary/aromatic N) is 5. The molecule has 0 spiro atoms. The average Bonchev–Trinajstić information content (AvgIpc) is 3.13. The zero-order chi connectivity index (χ0) is 19.6. The summed E-state index contributed by atoms with van der Waals surface area (Å²) >= 11 is 6.12. The van der Waals surface area contributed by atoms with E-state index in [0.29, 0.717) is 5.02 Å². The first-order chi connectivity index (χ1) is 12.8. The van der Waals surface area contributed by atoms with Gasteiger partial charge in [-0.3, -0.25) is 4.90 Å². The number of hydrogen-bond acceptors (Lipinski definition) is 4. The summed E-state index contributed by atoms with van der Waals surface area (Å²) in [6, 6.07) is 7.86. The van der Waals surface area contributed by atoms with Gasteiger partial charge in [0.15, 0.2) is 5.82 Å². The van der Waals surface area contributed by atoms with Gasteiger partial charge in [0.25, 0.3) is 0 Å². The number of allylic oxidation sites excluding steroid dienone is 1. The molecule has 2 heterocycles. The molecule has 1 aromatic heterocycles. The van der Waals surface area contributed by atoms with Crippen LogP contribution in [0.1, 0.15) is 44.6 Å². The highest BCUT2D eigenvalue weighted by atomic mass is 35.5. The minimum absolute atomic E-state index is 0.0715. The molecule has 1 unspecified atom stereocenters. The monoisotopic (exact) mass is 383 g/mol. The van der Waals surface area contributed by atoms with Crippen LogP contribution in [0.4, 0.5) is 0 Å². The van der Waals surface area contributed by atoms with Gasteiger partial charge in [-0.1, -0.05) is 49.0 Å². The minimum Gasteiger partial charge on any atom is -0.285 e. The lowest BCUT2D eigenvalue weighted by atomic mass is 9.95. The fourth-order valence-electron chi connectivity index (χ4n) is 3.48. The van der Waals surface area contributed by atoms with E-state index in [1.54, 1.807) is 0 Å². The maximum absolute atomic E-state index is 6.12. The molecule has 0 N–H and O–H groups in total. The third-order valence-corrected chi connectivity index (χ3v) is 5.12. The molecule has 27 heavy (non-hydrogen) atoms. The predicted octanol–water partition coefficient (Wildman–Crippen LogP) is 4.55. The number of aromatic nitrogens is 4. The highest BCUT2D eigenvalue weighted by Crippen LogP contribution is 2.34. The van der Waals surface area contributed by atoms with Crippen molar-refractivity contribution in [1.29, 1.82) is 0 Å². The number of hydrogen-bond donors (Lipinski definition) is 0. The maximum Gasteiger partial charge on any atom is 0.173 e. The average molecular weight is 384 g/mol. The molecule has 1 aliphatic rings. The molecular formula is C21H26ClN5. The second-order valence-electron chi connectivity index (χ2n) is 7.75. The molecule has 142 valence electrons. The molecule has 1 aromatic carbocycles. The smallest absolute Gasteiger partial charge is 0.173 e. The Bertz CT molecular complexity index is 857. The van der Waals surface area contributed by atoms with E-state index in [2.05, 4.69) is 66.5 Å². The minimum atomic E-state index is -0.220. The van der Waals surface area contributed by atoms with Gasteiger partial charge in [0.05, 0.1) is 11.6 Å². The molecule has 0 radical (unpaired) electrons. The summed E-state index contributed by atoms with van der Waals surface area (Å²) in [4.78, 5) is 2.39. The lowest BCUT2D eigenvalue weighted by Crippen LogP contribution is -2.38. The number of halogens is 1. The van der Waals surface area contributed by atoms with Gasteiger partial charge in [0.2, 0.25) is 0 Å². The summed E-state index contributed by atoms with van der Waals surface area (Å²) in [7, 11) is 0. The standard InChI is InChI=1S/C21H26ClN5/c1-6-15-12-13-26(14-16(15)7-2)19(17-8-10-18(22)11-9-17)20-23-24-25-27(20)21(3,4)5/h6-11,19H,1-2,12-14H2,3-5H3. The zero-order valence-electron chi connectivity index (χ0n) is 16.2. The Balaban J connectivity index is 2.09. The van der Waals surface area contributed by atoms with Crippen LogP contribution in [0.2, 0.25) is 5.02 Å². The molecule has 1 atom stereocenters. The van der Waals surface area contributed by atoms with Gasteiger partial charge < -0.3 is 0 Å². The first-order valence-electron chi connectivity index (χ1n) is 9.10. The fourth-order valence-corrected chi connectivity index (χ4v) is 3.61. The van der Waals surface area contributed by atoms with E-state index in [-0.39, 0.29) is 11.6 Å². The van der Waals surface area contributed by atoms with Crippen molar-refractivity contribution in [2.24, 2.45) is 0 Å². The van der Waals surface area contributed by atoms with Crippen LogP contribution in [0.5, 0.6) is 0 Å². The van der Waals surface area contributed by atoms with Gasteiger partial charge in [0, 0.05) is 18.1 Å². The van der Waals surface area contributed by atoms with Crippen molar-refractivity contribution in [3.8, 4) is 0 Å². The second-order valence-corrected chi connectivity index (χ2v) is 8.19.